The molecule has 6 heteroatoms. The lowest BCUT2D eigenvalue weighted by Gasteiger charge is -2.22. The quantitative estimate of drug-likeness (QED) is 0.789. The van der Waals surface area contributed by atoms with E-state index in [1.807, 2.05) is 23.9 Å². The van der Waals surface area contributed by atoms with Gasteiger partial charge in [0.15, 0.2) is 4.77 Å². The van der Waals surface area contributed by atoms with Crippen molar-refractivity contribution in [3.8, 4) is 0 Å². The van der Waals surface area contributed by atoms with Crippen LogP contribution in [-0.4, -0.2) is 20.6 Å². The topological polar surface area (TPSA) is 20.7 Å². The lowest BCUT2D eigenvalue weighted by atomic mass is 10.2. The van der Waals surface area contributed by atoms with Crippen LogP contribution in [0.25, 0.3) is 11.0 Å². The lowest BCUT2D eigenvalue weighted by molar-refractivity contribution is 0.575. The molecule has 0 saturated heterocycles. The first-order chi connectivity index (χ1) is 8.34. The van der Waals surface area contributed by atoms with E-state index in [0.717, 1.165) is 17.6 Å². The van der Waals surface area contributed by atoms with Crippen LogP contribution in [0.4, 0.5) is 0 Å². The number of nitrogens with zero attached hydrogens (tertiary/aromatic N) is 1. The van der Waals surface area contributed by atoms with Gasteiger partial charge in [0, 0.05) is 11.3 Å². The van der Waals surface area contributed by atoms with Gasteiger partial charge < -0.3 is 9.55 Å². The lowest BCUT2D eigenvalue weighted by Crippen LogP contribution is -2.22. The average molecular weight is 321 g/mol. The third kappa shape index (κ3) is 2.72. The van der Waals surface area contributed by atoms with E-state index in [1.165, 1.54) is 0 Å². The van der Waals surface area contributed by atoms with Crippen molar-refractivity contribution in [3.05, 3.63) is 26.9 Å². The highest BCUT2D eigenvalue weighted by atomic mass is 35.5. The summed E-state index contributed by atoms with van der Waals surface area (Å²) < 4.78 is 2.88. The largest absolute Gasteiger partial charge is 0.331 e. The molecule has 0 fully saturated rings. The predicted octanol–water partition coefficient (Wildman–Crippen LogP) is 5.15. The van der Waals surface area contributed by atoms with Gasteiger partial charge in [0.1, 0.15) is 0 Å². The molecule has 18 heavy (non-hydrogen) atoms. The molecule has 0 amide bonds. The van der Waals surface area contributed by atoms with Crippen LogP contribution in [0.1, 0.15) is 13.8 Å². The summed E-state index contributed by atoms with van der Waals surface area (Å²) in [6, 6.07) is 3.68. The van der Waals surface area contributed by atoms with Crippen LogP contribution in [0.15, 0.2) is 12.1 Å². The summed E-state index contributed by atoms with van der Waals surface area (Å²) in [5, 5.41) is 1.09. The molecule has 1 aromatic carbocycles. The maximum absolute atomic E-state index is 6.08. The Bertz CT molecular complexity index is 643. The Morgan fingerprint density at radius 3 is 2.56 bits per heavy atom. The summed E-state index contributed by atoms with van der Waals surface area (Å²) in [6.45, 7) is 5.20. The van der Waals surface area contributed by atoms with Gasteiger partial charge in [-0.2, -0.15) is 11.8 Å². The summed E-state index contributed by atoms with van der Waals surface area (Å²) in [4.78, 5) is 3.17. The van der Waals surface area contributed by atoms with Crippen molar-refractivity contribution in [1.82, 2.24) is 9.55 Å². The minimum atomic E-state index is 0.111. The first-order valence-electron chi connectivity index (χ1n) is 5.47. The van der Waals surface area contributed by atoms with E-state index in [1.54, 1.807) is 0 Å². The van der Waals surface area contributed by atoms with Gasteiger partial charge in [-0.3, -0.25) is 0 Å². The van der Waals surface area contributed by atoms with E-state index in [9.17, 15) is 0 Å². The minimum absolute atomic E-state index is 0.111. The third-order valence-electron chi connectivity index (χ3n) is 2.91. The average Bonchev–Trinajstić information content (AvgIpc) is 2.57. The van der Waals surface area contributed by atoms with Gasteiger partial charge in [0.25, 0.3) is 0 Å². The number of benzene rings is 1. The summed E-state index contributed by atoms with van der Waals surface area (Å²) in [6.07, 6.45) is 2.10. The second-order valence-corrected chi connectivity index (χ2v) is 7.48. The smallest absolute Gasteiger partial charge is 0.178 e. The van der Waals surface area contributed by atoms with Crippen molar-refractivity contribution in [2.24, 2.45) is 0 Å². The Morgan fingerprint density at radius 2 is 1.94 bits per heavy atom. The number of hydrogen-bond donors (Lipinski definition) is 1. The molecule has 0 aliphatic rings. The Kier molecular flexibility index (Phi) is 4.02. The van der Waals surface area contributed by atoms with Crippen molar-refractivity contribution >= 4 is 58.2 Å². The Labute approximate surface area is 126 Å². The van der Waals surface area contributed by atoms with Crippen LogP contribution < -0.4 is 0 Å². The van der Waals surface area contributed by atoms with E-state index in [4.69, 9.17) is 35.4 Å². The standard InChI is InChI=1S/C12H14Cl2N2S2/c1-12(2,18-3)6-16-10-5-8(14)7(13)4-9(10)15-11(16)17/h4-5H,6H2,1-3H3,(H,15,17). The molecular formula is C12H14Cl2N2S2. The number of H-pyrrole nitrogens is 1. The van der Waals surface area contributed by atoms with Crippen LogP contribution in [0.5, 0.6) is 0 Å². The number of aromatic nitrogens is 2. The van der Waals surface area contributed by atoms with Crippen LogP contribution in [0, 0.1) is 4.77 Å². The minimum Gasteiger partial charge on any atom is -0.331 e. The Morgan fingerprint density at radius 1 is 1.33 bits per heavy atom. The van der Waals surface area contributed by atoms with E-state index in [0.29, 0.717) is 14.8 Å². The molecule has 2 rings (SSSR count). The molecule has 0 atom stereocenters. The van der Waals surface area contributed by atoms with Gasteiger partial charge in [-0.05, 0) is 44.5 Å². The molecule has 0 unspecified atom stereocenters. The second-order valence-electron chi connectivity index (χ2n) is 4.76. The van der Waals surface area contributed by atoms with Crippen molar-refractivity contribution < 1.29 is 0 Å². The Balaban J connectivity index is 2.60. The van der Waals surface area contributed by atoms with Gasteiger partial charge in [0.05, 0.1) is 21.1 Å². The van der Waals surface area contributed by atoms with E-state index < -0.39 is 0 Å². The number of nitrogens with one attached hydrogen (secondary N) is 1. The molecule has 1 aromatic heterocycles. The summed E-state index contributed by atoms with van der Waals surface area (Å²) in [5.74, 6) is 0. The molecule has 1 heterocycles. The zero-order valence-corrected chi connectivity index (χ0v) is 13.5. The van der Waals surface area contributed by atoms with Gasteiger partial charge in [0.2, 0.25) is 0 Å². The van der Waals surface area contributed by atoms with Crippen molar-refractivity contribution in [2.75, 3.05) is 6.26 Å². The predicted molar refractivity (Wildman–Crippen MR) is 84.7 cm³/mol. The monoisotopic (exact) mass is 320 g/mol. The van der Waals surface area contributed by atoms with E-state index >= 15 is 0 Å². The number of aromatic amines is 1. The van der Waals surface area contributed by atoms with Crippen LogP contribution in [0.3, 0.4) is 0 Å². The summed E-state index contributed by atoms with van der Waals surface area (Å²) >= 11 is 19.3. The molecule has 0 saturated carbocycles. The highest BCUT2D eigenvalue weighted by Gasteiger charge is 2.19. The first kappa shape index (κ1) is 14.3. The number of fused-ring (bicyclic) bond motifs is 1. The molecule has 0 aliphatic carbocycles. The number of imidazole rings is 1. The molecule has 0 spiro atoms. The van der Waals surface area contributed by atoms with Gasteiger partial charge in [-0.15, -0.1) is 0 Å². The van der Waals surface area contributed by atoms with Crippen molar-refractivity contribution in [2.45, 2.75) is 25.1 Å². The van der Waals surface area contributed by atoms with Gasteiger partial charge in [-0.1, -0.05) is 23.2 Å². The van der Waals surface area contributed by atoms with Gasteiger partial charge in [-0.25, -0.2) is 0 Å². The highest BCUT2D eigenvalue weighted by Crippen LogP contribution is 2.30. The van der Waals surface area contributed by atoms with Crippen molar-refractivity contribution in [3.63, 3.8) is 0 Å². The Hall–Kier alpha value is -0.160. The molecule has 2 aromatic rings. The SMILES string of the molecule is CSC(C)(C)Cn1c(=S)[nH]c2cc(Cl)c(Cl)cc21. The molecule has 0 bridgehead atoms. The number of hydrogen-bond acceptors (Lipinski definition) is 2. The maximum atomic E-state index is 6.08. The molecule has 0 radical (unpaired) electrons. The molecule has 0 aliphatic heterocycles. The number of halogens is 2. The molecule has 2 nitrogen and oxygen atoms in total. The van der Waals surface area contributed by atoms with Gasteiger partial charge >= 0.3 is 0 Å². The zero-order valence-electron chi connectivity index (χ0n) is 10.4. The molecule has 98 valence electrons. The number of thioether (sulfide) groups is 1. The van der Waals surface area contributed by atoms with E-state index in [-0.39, 0.29) is 4.75 Å². The number of rotatable bonds is 3. The first-order valence-corrected chi connectivity index (χ1v) is 7.86. The zero-order chi connectivity index (χ0) is 13.5. The second kappa shape index (κ2) is 5.08. The summed E-state index contributed by atoms with van der Waals surface area (Å²) in [5.41, 5.74) is 1.92. The maximum Gasteiger partial charge on any atom is 0.178 e. The fourth-order valence-electron chi connectivity index (χ4n) is 1.75. The fraction of sp³-hybridized carbons (Fsp3) is 0.417. The fourth-order valence-corrected chi connectivity index (χ4v) is 2.61. The van der Waals surface area contributed by atoms with Crippen LogP contribution >= 0.6 is 47.2 Å². The van der Waals surface area contributed by atoms with Crippen LogP contribution in [0.2, 0.25) is 10.0 Å². The third-order valence-corrected chi connectivity index (χ3v) is 5.19. The molecule has 1 N–H and O–H groups in total. The van der Waals surface area contributed by atoms with Crippen molar-refractivity contribution in [1.29, 1.82) is 0 Å². The van der Waals surface area contributed by atoms with E-state index in [2.05, 4.69) is 29.7 Å². The highest BCUT2D eigenvalue weighted by molar-refractivity contribution is 7.99. The van der Waals surface area contributed by atoms with Crippen LogP contribution in [-0.2, 0) is 6.54 Å². The normalized spacial score (nSPS) is 12.3. The molecular weight excluding hydrogens is 307 g/mol. The summed E-state index contributed by atoms with van der Waals surface area (Å²) in [7, 11) is 0.